The third-order valence-electron chi connectivity index (χ3n) is 3.39. The van der Waals surface area contributed by atoms with Gasteiger partial charge in [0, 0.05) is 12.5 Å². The van der Waals surface area contributed by atoms with Crippen LogP contribution in [-0.2, 0) is 0 Å². The van der Waals surface area contributed by atoms with Crippen LogP contribution in [0.1, 0.15) is 54.6 Å². The van der Waals surface area contributed by atoms with Crippen molar-refractivity contribution >= 4 is 17.2 Å². The van der Waals surface area contributed by atoms with E-state index in [0.717, 1.165) is 17.7 Å². The number of aliphatic hydroxyl groups is 1. The summed E-state index contributed by atoms with van der Waals surface area (Å²) in [5.74, 6) is 6.30. The Kier molecular flexibility index (Phi) is 7.35. The van der Waals surface area contributed by atoms with Gasteiger partial charge in [0.15, 0.2) is 0 Å². The Hall–Kier alpha value is -1.31. The molecule has 0 fully saturated rings. The Morgan fingerprint density at radius 2 is 2.10 bits per heavy atom. The summed E-state index contributed by atoms with van der Waals surface area (Å²) < 4.78 is 0. The molecule has 0 aromatic carbocycles. The first-order valence-corrected chi connectivity index (χ1v) is 7.94. The Morgan fingerprint density at radius 1 is 1.40 bits per heavy atom. The van der Waals surface area contributed by atoms with Crippen LogP contribution in [0.2, 0.25) is 0 Å². The van der Waals surface area contributed by atoms with Gasteiger partial charge >= 0.3 is 0 Å². The highest BCUT2D eigenvalue weighted by molar-refractivity contribution is 7.14. The van der Waals surface area contributed by atoms with Gasteiger partial charge in [-0.15, -0.1) is 11.3 Å². The maximum Gasteiger partial charge on any atom is 0.261 e. The Bertz CT molecular complexity index is 480. The second-order valence-corrected chi connectivity index (χ2v) is 5.86. The molecule has 0 aliphatic carbocycles. The minimum atomic E-state index is -0.0235. The molecule has 0 saturated heterocycles. The van der Waals surface area contributed by atoms with E-state index >= 15 is 0 Å². The zero-order valence-electron chi connectivity index (χ0n) is 12.4. The topological polar surface area (TPSA) is 49.3 Å². The molecule has 1 unspecified atom stereocenters. The lowest BCUT2D eigenvalue weighted by atomic mass is 9.95. The Labute approximate surface area is 125 Å². The molecule has 20 heavy (non-hydrogen) atoms. The van der Waals surface area contributed by atoms with Crippen LogP contribution in [0.3, 0.4) is 0 Å². The molecule has 0 saturated carbocycles. The molecule has 110 valence electrons. The highest BCUT2D eigenvalue weighted by Gasteiger charge is 2.17. The minimum Gasteiger partial charge on any atom is -0.395 e. The van der Waals surface area contributed by atoms with Crippen molar-refractivity contribution in [3.05, 3.63) is 21.9 Å². The van der Waals surface area contributed by atoms with E-state index < -0.39 is 0 Å². The van der Waals surface area contributed by atoms with Gasteiger partial charge in [0.2, 0.25) is 0 Å². The van der Waals surface area contributed by atoms with E-state index in [9.17, 15) is 4.79 Å². The number of rotatable bonds is 6. The zero-order chi connectivity index (χ0) is 15.0. The fourth-order valence-corrected chi connectivity index (χ4v) is 2.91. The van der Waals surface area contributed by atoms with Crippen molar-refractivity contribution in [2.45, 2.75) is 46.1 Å². The van der Waals surface area contributed by atoms with Crippen LogP contribution in [0.5, 0.6) is 0 Å². The molecule has 1 heterocycles. The van der Waals surface area contributed by atoms with Crippen LogP contribution in [0.25, 0.3) is 0 Å². The van der Waals surface area contributed by atoms with Crippen molar-refractivity contribution in [3.63, 3.8) is 0 Å². The van der Waals surface area contributed by atoms with Crippen molar-refractivity contribution in [1.82, 2.24) is 5.32 Å². The predicted molar refractivity (Wildman–Crippen MR) is 83.9 cm³/mol. The van der Waals surface area contributed by atoms with Gasteiger partial charge in [-0.2, -0.15) is 0 Å². The van der Waals surface area contributed by atoms with E-state index in [1.165, 1.54) is 11.3 Å². The predicted octanol–water partition coefficient (Wildman–Crippen LogP) is 3.04. The van der Waals surface area contributed by atoms with Gasteiger partial charge in [0.05, 0.1) is 16.4 Å². The van der Waals surface area contributed by atoms with E-state index in [1.54, 1.807) is 0 Å². The summed E-state index contributed by atoms with van der Waals surface area (Å²) in [5.41, 5.74) is 0. The molecule has 0 spiro atoms. The molecule has 1 rings (SSSR count). The monoisotopic (exact) mass is 293 g/mol. The first kappa shape index (κ1) is 16.7. The molecule has 1 amide bonds. The quantitative estimate of drug-likeness (QED) is 0.792. The van der Waals surface area contributed by atoms with Crippen molar-refractivity contribution in [1.29, 1.82) is 0 Å². The van der Waals surface area contributed by atoms with Crippen LogP contribution in [0.4, 0.5) is 0 Å². The maximum atomic E-state index is 12.1. The average molecular weight is 293 g/mol. The van der Waals surface area contributed by atoms with Gasteiger partial charge in [-0.1, -0.05) is 38.5 Å². The van der Waals surface area contributed by atoms with Crippen LogP contribution in [0, 0.1) is 17.8 Å². The number of nitrogens with one attached hydrogen (secondary N) is 1. The lowest BCUT2D eigenvalue weighted by Gasteiger charge is -2.22. The molecule has 0 aliphatic heterocycles. The Morgan fingerprint density at radius 3 is 2.70 bits per heavy atom. The largest absolute Gasteiger partial charge is 0.395 e. The molecule has 4 heteroatoms. The van der Waals surface area contributed by atoms with Crippen LogP contribution < -0.4 is 5.32 Å². The van der Waals surface area contributed by atoms with Gasteiger partial charge in [0.25, 0.3) is 5.91 Å². The summed E-state index contributed by atoms with van der Waals surface area (Å²) >= 11 is 1.39. The normalized spacial score (nSPS) is 11.8. The third kappa shape index (κ3) is 4.99. The molecule has 1 atom stereocenters. The van der Waals surface area contributed by atoms with E-state index in [4.69, 9.17) is 5.11 Å². The summed E-state index contributed by atoms with van der Waals surface area (Å²) in [6.07, 6.45) is 2.60. The summed E-state index contributed by atoms with van der Waals surface area (Å²) in [5, 5.41) is 11.7. The lowest BCUT2D eigenvalue weighted by molar-refractivity contribution is 0.0929. The lowest BCUT2D eigenvalue weighted by Crippen LogP contribution is -2.37. The van der Waals surface area contributed by atoms with E-state index in [2.05, 4.69) is 37.9 Å². The summed E-state index contributed by atoms with van der Waals surface area (Å²) in [6, 6.07) is 3.84. The second kappa shape index (κ2) is 8.78. The second-order valence-electron chi connectivity index (χ2n) is 4.78. The Balaban J connectivity index is 2.63. The molecular formula is C16H23NO2S. The highest BCUT2D eigenvalue weighted by Crippen LogP contribution is 2.17. The van der Waals surface area contributed by atoms with Crippen LogP contribution in [0.15, 0.2) is 12.1 Å². The SMILES string of the molecule is CCC(CC)C(C)NC(=O)c1ccc(C#CCCO)s1. The van der Waals surface area contributed by atoms with Gasteiger partial charge in [0.1, 0.15) is 0 Å². The zero-order valence-corrected chi connectivity index (χ0v) is 13.2. The van der Waals surface area contributed by atoms with Crippen molar-refractivity contribution < 1.29 is 9.90 Å². The van der Waals surface area contributed by atoms with Gasteiger partial charge < -0.3 is 10.4 Å². The molecule has 0 bridgehead atoms. The minimum absolute atomic E-state index is 0.0235. The molecule has 1 aromatic rings. The molecular weight excluding hydrogens is 270 g/mol. The van der Waals surface area contributed by atoms with Crippen molar-refractivity contribution in [2.24, 2.45) is 5.92 Å². The van der Waals surface area contributed by atoms with Gasteiger partial charge in [-0.25, -0.2) is 0 Å². The average Bonchev–Trinajstić information content (AvgIpc) is 2.89. The number of carbonyl (C=O) groups excluding carboxylic acids is 1. The highest BCUT2D eigenvalue weighted by atomic mass is 32.1. The molecule has 2 N–H and O–H groups in total. The number of hydrogen-bond acceptors (Lipinski definition) is 3. The number of carbonyl (C=O) groups is 1. The number of amides is 1. The molecule has 1 aromatic heterocycles. The molecule has 3 nitrogen and oxygen atoms in total. The summed E-state index contributed by atoms with van der Waals surface area (Å²) in [4.78, 5) is 13.7. The summed E-state index contributed by atoms with van der Waals surface area (Å²) in [7, 11) is 0. The van der Waals surface area contributed by atoms with Crippen LogP contribution >= 0.6 is 11.3 Å². The number of hydrogen-bond donors (Lipinski definition) is 2. The summed E-state index contributed by atoms with van der Waals surface area (Å²) in [6.45, 7) is 6.43. The van der Waals surface area contributed by atoms with E-state index in [1.807, 2.05) is 12.1 Å². The first-order valence-electron chi connectivity index (χ1n) is 7.12. The fourth-order valence-electron chi connectivity index (χ4n) is 2.12. The van der Waals surface area contributed by atoms with E-state index in [0.29, 0.717) is 17.2 Å². The standard InChI is InChI=1S/C16H23NO2S/c1-4-13(5-2)12(3)17-16(19)15-10-9-14(20-15)8-6-7-11-18/h9-10,12-13,18H,4-5,7,11H2,1-3H3,(H,17,19). The maximum absolute atomic E-state index is 12.1. The van der Waals surface area contributed by atoms with Crippen molar-refractivity contribution in [3.8, 4) is 11.8 Å². The van der Waals surface area contributed by atoms with Crippen LogP contribution in [-0.4, -0.2) is 23.7 Å². The fraction of sp³-hybridized carbons (Fsp3) is 0.562. The number of thiophene rings is 1. The van der Waals surface area contributed by atoms with E-state index in [-0.39, 0.29) is 18.6 Å². The van der Waals surface area contributed by atoms with Crippen molar-refractivity contribution in [2.75, 3.05) is 6.61 Å². The molecule has 0 aliphatic rings. The van der Waals surface area contributed by atoms with Gasteiger partial charge in [-0.3, -0.25) is 4.79 Å². The third-order valence-corrected chi connectivity index (χ3v) is 4.39. The smallest absolute Gasteiger partial charge is 0.261 e. The first-order chi connectivity index (χ1) is 9.62. The number of aliphatic hydroxyl groups excluding tert-OH is 1. The molecule has 0 radical (unpaired) electrons. The van der Waals surface area contributed by atoms with Gasteiger partial charge in [-0.05, 0) is 25.0 Å².